The number of rotatable bonds is 4. The Hall–Kier alpha value is -2.22. The molecule has 5 rings (SSSR count). The van der Waals surface area contributed by atoms with Crippen LogP contribution in [0.4, 0.5) is 5.13 Å². The van der Waals surface area contributed by atoms with Crippen molar-refractivity contribution in [1.29, 1.82) is 0 Å². The van der Waals surface area contributed by atoms with E-state index in [0.717, 1.165) is 27.9 Å². The number of amides is 1. The molecule has 0 spiro atoms. The summed E-state index contributed by atoms with van der Waals surface area (Å²) in [6, 6.07) is 16.1. The minimum absolute atomic E-state index is 0.125. The third kappa shape index (κ3) is 3.70. The fourth-order valence-corrected chi connectivity index (χ4v) is 7.12. The maximum absolute atomic E-state index is 12.7. The number of fused-ring (bicyclic) bond motifs is 1. The van der Waals surface area contributed by atoms with E-state index < -0.39 is 0 Å². The van der Waals surface area contributed by atoms with Gasteiger partial charge in [0.15, 0.2) is 5.13 Å². The van der Waals surface area contributed by atoms with Gasteiger partial charge in [-0.15, -0.1) is 34.9 Å². The molecule has 0 radical (unpaired) electrons. The number of hydrogen-bond acceptors (Lipinski definition) is 5. The van der Waals surface area contributed by atoms with Gasteiger partial charge in [0.2, 0.25) is 0 Å². The predicted molar refractivity (Wildman–Crippen MR) is 126 cm³/mol. The Morgan fingerprint density at radius 3 is 2.66 bits per heavy atom. The molecule has 2 N–H and O–H groups in total. The molecule has 3 heterocycles. The molecule has 1 aliphatic heterocycles. The van der Waals surface area contributed by atoms with Crippen LogP contribution in [0, 0.1) is 6.92 Å². The second kappa shape index (κ2) is 7.89. The topological polar surface area (TPSA) is 57.8 Å². The van der Waals surface area contributed by atoms with E-state index in [4.69, 9.17) is 0 Å². The molecule has 146 valence electrons. The monoisotopic (exact) mass is 437 g/mol. The number of para-hydroxylation sites is 1. The van der Waals surface area contributed by atoms with Gasteiger partial charge in [-0.1, -0.05) is 30.3 Å². The van der Waals surface area contributed by atoms with Gasteiger partial charge in [0.25, 0.3) is 5.91 Å². The summed E-state index contributed by atoms with van der Waals surface area (Å²) >= 11 is 5.38. The molecule has 4 aromatic rings. The molecule has 0 atom stereocenters. The lowest BCUT2D eigenvalue weighted by Gasteiger charge is -2.09. The van der Waals surface area contributed by atoms with Crippen molar-refractivity contribution in [2.24, 2.45) is 0 Å². The van der Waals surface area contributed by atoms with Gasteiger partial charge in [-0.3, -0.25) is 10.1 Å². The number of thiazole rings is 1. The van der Waals surface area contributed by atoms with Crippen molar-refractivity contribution in [2.75, 3.05) is 16.8 Å². The van der Waals surface area contributed by atoms with E-state index in [1.807, 2.05) is 53.2 Å². The van der Waals surface area contributed by atoms with Crippen LogP contribution in [-0.4, -0.2) is 27.4 Å². The zero-order valence-electron chi connectivity index (χ0n) is 15.8. The average Bonchev–Trinajstić information content (AvgIpc) is 3.47. The Morgan fingerprint density at radius 1 is 1.10 bits per heavy atom. The summed E-state index contributed by atoms with van der Waals surface area (Å²) in [6.07, 6.45) is 0. The number of nitrogens with zero attached hydrogens (tertiary/aromatic N) is 1. The number of aryl methyl sites for hydroxylation is 1. The summed E-state index contributed by atoms with van der Waals surface area (Å²) in [4.78, 5) is 20.7. The van der Waals surface area contributed by atoms with E-state index in [1.165, 1.54) is 28.4 Å². The van der Waals surface area contributed by atoms with E-state index in [2.05, 4.69) is 46.5 Å². The van der Waals surface area contributed by atoms with Gasteiger partial charge in [-0.25, -0.2) is 4.98 Å². The third-order valence-electron chi connectivity index (χ3n) is 4.94. The van der Waals surface area contributed by atoms with Crippen LogP contribution >= 0.6 is 34.9 Å². The second-order valence-corrected chi connectivity index (χ2v) is 10.4. The lowest BCUT2D eigenvalue weighted by molar-refractivity contribution is 0.102. The summed E-state index contributed by atoms with van der Waals surface area (Å²) in [6.45, 7) is 2.05. The first-order chi connectivity index (χ1) is 14.2. The van der Waals surface area contributed by atoms with E-state index in [9.17, 15) is 4.79 Å². The Bertz CT molecular complexity index is 1170. The molecule has 0 aliphatic carbocycles. The van der Waals surface area contributed by atoms with Gasteiger partial charge in [-0.05, 0) is 30.7 Å². The van der Waals surface area contributed by atoms with Gasteiger partial charge in [0, 0.05) is 44.6 Å². The number of H-pyrrole nitrogens is 1. The standard InChI is InChI=1S/C22H19N3OS3/c1-13-19(16-4-2-3-5-17(16)23-13)18-12-29-22(24-18)25-20(26)14-6-8-15(9-7-14)21-27-10-11-28-21/h2-9,12,21,23H,10-11H2,1H3,(H,24,25,26). The molecule has 0 saturated carbocycles. The summed E-state index contributed by atoms with van der Waals surface area (Å²) in [5, 5.41) is 6.70. The molecule has 0 bridgehead atoms. The number of hydrogen-bond donors (Lipinski definition) is 2. The summed E-state index contributed by atoms with van der Waals surface area (Å²) < 4.78 is 0.494. The Kier molecular flexibility index (Phi) is 5.11. The van der Waals surface area contributed by atoms with Crippen molar-refractivity contribution in [3.63, 3.8) is 0 Å². The van der Waals surface area contributed by atoms with E-state index in [-0.39, 0.29) is 5.91 Å². The van der Waals surface area contributed by atoms with Crippen molar-refractivity contribution < 1.29 is 4.79 Å². The molecule has 7 heteroatoms. The molecule has 1 aliphatic rings. The number of anilines is 1. The molecule has 1 fully saturated rings. The number of benzene rings is 2. The van der Waals surface area contributed by atoms with Crippen molar-refractivity contribution in [1.82, 2.24) is 9.97 Å². The minimum atomic E-state index is -0.125. The van der Waals surface area contributed by atoms with Gasteiger partial charge < -0.3 is 4.98 Å². The Balaban J connectivity index is 1.34. The SMILES string of the molecule is Cc1[nH]c2ccccc2c1-c1csc(NC(=O)c2ccc(C3SCCS3)cc2)n1. The van der Waals surface area contributed by atoms with Crippen LogP contribution in [0.1, 0.15) is 26.2 Å². The number of carbonyl (C=O) groups excluding carboxylic acids is 1. The van der Waals surface area contributed by atoms with Gasteiger partial charge in [0.1, 0.15) is 0 Å². The highest BCUT2D eigenvalue weighted by Crippen LogP contribution is 2.45. The quantitative estimate of drug-likeness (QED) is 0.392. The van der Waals surface area contributed by atoms with Crippen LogP contribution < -0.4 is 5.32 Å². The van der Waals surface area contributed by atoms with Gasteiger partial charge in [-0.2, -0.15) is 0 Å². The first-order valence-corrected chi connectivity index (χ1v) is 12.3. The summed E-state index contributed by atoms with van der Waals surface area (Å²) in [7, 11) is 0. The molecule has 1 amide bonds. The molecular formula is C22H19N3OS3. The van der Waals surface area contributed by atoms with E-state index in [0.29, 0.717) is 15.3 Å². The van der Waals surface area contributed by atoms with Crippen molar-refractivity contribution in [3.05, 3.63) is 70.7 Å². The van der Waals surface area contributed by atoms with Crippen LogP contribution in [0.5, 0.6) is 0 Å². The molecule has 1 saturated heterocycles. The predicted octanol–water partition coefficient (Wildman–Crippen LogP) is 6.33. The fraction of sp³-hybridized carbons (Fsp3) is 0.182. The molecule has 29 heavy (non-hydrogen) atoms. The maximum atomic E-state index is 12.7. The van der Waals surface area contributed by atoms with Crippen LogP contribution in [0.25, 0.3) is 22.2 Å². The highest BCUT2D eigenvalue weighted by molar-refractivity contribution is 8.19. The number of thioether (sulfide) groups is 2. The smallest absolute Gasteiger partial charge is 0.257 e. The Labute approximate surface area is 181 Å². The lowest BCUT2D eigenvalue weighted by atomic mass is 10.1. The van der Waals surface area contributed by atoms with Crippen molar-refractivity contribution in [2.45, 2.75) is 11.5 Å². The van der Waals surface area contributed by atoms with Crippen molar-refractivity contribution >= 4 is 56.8 Å². The average molecular weight is 438 g/mol. The minimum Gasteiger partial charge on any atom is -0.358 e. The third-order valence-corrected chi connectivity index (χ3v) is 8.80. The number of carbonyl (C=O) groups is 1. The highest BCUT2D eigenvalue weighted by Gasteiger charge is 2.19. The molecule has 4 nitrogen and oxygen atoms in total. The molecular weight excluding hydrogens is 418 g/mol. The summed E-state index contributed by atoms with van der Waals surface area (Å²) in [5.41, 5.74) is 6.08. The maximum Gasteiger partial charge on any atom is 0.257 e. The number of nitrogens with one attached hydrogen (secondary N) is 2. The zero-order valence-corrected chi connectivity index (χ0v) is 18.2. The molecule has 0 unspecified atom stereocenters. The van der Waals surface area contributed by atoms with Gasteiger partial charge in [0.05, 0.1) is 10.3 Å². The first kappa shape index (κ1) is 18.8. The summed E-state index contributed by atoms with van der Waals surface area (Å²) in [5.74, 6) is 2.26. The fourth-order valence-electron chi connectivity index (χ4n) is 3.56. The molecule has 2 aromatic heterocycles. The van der Waals surface area contributed by atoms with Gasteiger partial charge >= 0.3 is 0 Å². The second-order valence-electron chi connectivity index (χ2n) is 6.86. The number of aromatic nitrogens is 2. The zero-order chi connectivity index (χ0) is 19.8. The van der Waals surface area contributed by atoms with E-state index >= 15 is 0 Å². The first-order valence-electron chi connectivity index (χ1n) is 9.37. The van der Waals surface area contributed by atoms with Crippen molar-refractivity contribution in [3.8, 4) is 11.3 Å². The highest BCUT2D eigenvalue weighted by atomic mass is 32.2. The molecule has 2 aromatic carbocycles. The van der Waals surface area contributed by atoms with Crippen LogP contribution in [-0.2, 0) is 0 Å². The van der Waals surface area contributed by atoms with Crippen LogP contribution in [0.15, 0.2) is 53.9 Å². The largest absolute Gasteiger partial charge is 0.358 e. The lowest BCUT2D eigenvalue weighted by Crippen LogP contribution is -2.11. The van der Waals surface area contributed by atoms with Crippen LogP contribution in [0.3, 0.4) is 0 Å². The van der Waals surface area contributed by atoms with Crippen LogP contribution in [0.2, 0.25) is 0 Å². The normalized spacial score (nSPS) is 14.5. The number of aromatic amines is 1. The Morgan fingerprint density at radius 2 is 1.86 bits per heavy atom. The van der Waals surface area contributed by atoms with E-state index in [1.54, 1.807) is 0 Å².